The first-order valence-electron chi connectivity index (χ1n) is 7.02. The predicted octanol–water partition coefficient (Wildman–Crippen LogP) is 3.87. The van der Waals surface area contributed by atoms with Gasteiger partial charge < -0.3 is 15.2 Å². The summed E-state index contributed by atoms with van der Waals surface area (Å²) in [5, 5.41) is 12.2. The van der Waals surface area contributed by atoms with Crippen molar-refractivity contribution in [2.75, 3.05) is 12.4 Å². The van der Waals surface area contributed by atoms with Crippen LogP contribution < -0.4 is 10.1 Å². The maximum Gasteiger partial charge on any atom is 0.248 e. The fraction of sp³-hybridized carbons (Fsp3) is 0.438. The van der Waals surface area contributed by atoms with E-state index >= 15 is 0 Å². The molecule has 0 saturated heterocycles. The van der Waals surface area contributed by atoms with Crippen LogP contribution in [0.5, 0.6) is 11.5 Å². The first-order valence-corrected chi connectivity index (χ1v) is 7.02. The number of nitrogens with one attached hydrogen (secondary N) is 1. The number of benzene rings is 1. The molecule has 1 aromatic carbocycles. The minimum absolute atomic E-state index is 0.0527. The van der Waals surface area contributed by atoms with Crippen LogP contribution in [-0.4, -0.2) is 18.1 Å². The Hall–Kier alpha value is -1.97. The standard InChI is InChI=1S/C16H23NO3/c1-3-4-5-6-7-8-9-16(19)17-13-10-11-14(18)15(12-13)20-2/h8-12,18H,3-7H2,1-2H3,(H,17,19). The van der Waals surface area contributed by atoms with Gasteiger partial charge in [-0.3, -0.25) is 4.79 Å². The van der Waals surface area contributed by atoms with E-state index in [1.807, 2.05) is 6.08 Å². The molecule has 0 aliphatic heterocycles. The Morgan fingerprint density at radius 3 is 2.85 bits per heavy atom. The van der Waals surface area contributed by atoms with Crippen molar-refractivity contribution in [3.05, 3.63) is 30.4 Å². The number of carbonyl (C=O) groups is 1. The fourth-order valence-corrected chi connectivity index (χ4v) is 1.82. The van der Waals surface area contributed by atoms with E-state index < -0.39 is 0 Å². The summed E-state index contributed by atoms with van der Waals surface area (Å²) >= 11 is 0. The Morgan fingerprint density at radius 1 is 1.35 bits per heavy atom. The minimum atomic E-state index is -0.173. The van der Waals surface area contributed by atoms with Gasteiger partial charge in [0.2, 0.25) is 5.91 Å². The zero-order valence-corrected chi connectivity index (χ0v) is 12.2. The van der Waals surface area contributed by atoms with Crippen molar-refractivity contribution in [1.82, 2.24) is 0 Å². The van der Waals surface area contributed by atoms with Crippen molar-refractivity contribution in [2.45, 2.75) is 39.0 Å². The van der Waals surface area contributed by atoms with E-state index in [1.165, 1.54) is 32.4 Å². The number of phenolic OH excluding ortho intramolecular Hbond substituents is 1. The van der Waals surface area contributed by atoms with Crippen LogP contribution in [0, 0.1) is 0 Å². The van der Waals surface area contributed by atoms with Crippen LogP contribution in [0.1, 0.15) is 39.0 Å². The number of unbranched alkanes of at least 4 members (excludes halogenated alkanes) is 4. The SMILES string of the molecule is CCCCCCC=CC(=O)Nc1ccc(O)c(OC)c1. The van der Waals surface area contributed by atoms with Crippen molar-refractivity contribution >= 4 is 11.6 Å². The quantitative estimate of drug-likeness (QED) is 0.431. The molecule has 0 fully saturated rings. The molecule has 0 aromatic heterocycles. The highest BCUT2D eigenvalue weighted by Crippen LogP contribution is 2.28. The molecule has 0 saturated carbocycles. The maximum absolute atomic E-state index is 11.7. The van der Waals surface area contributed by atoms with E-state index in [9.17, 15) is 9.90 Å². The molecule has 0 aliphatic carbocycles. The number of anilines is 1. The molecule has 1 aromatic rings. The molecule has 0 unspecified atom stereocenters. The third-order valence-electron chi connectivity index (χ3n) is 2.94. The fourth-order valence-electron chi connectivity index (χ4n) is 1.82. The highest BCUT2D eigenvalue weighted by molar-refractivity contribution is 5.99. The van der Waals surface area contributed by atoms with Crippen LogP contribution in [0.2, 0.25) is 0 Å². The number of carbonyl (C=O) groups excluding carboxylic acids is 1. The summed E-state index contributed by atoms with van der Waals surface area (Å²) < 4.78 is 4.98. The van der Waals surface area contributed by atoms with Crippen molar-refractivity contribution in [3.63, 3.8) is 0 Å². The highest BCUT2D eigenvalue weighted by atomic mass is 16.5. The third-order valence-corrected chi connectivity index (χ3v) is 2.94. The highest BCUT2D eigenvalue weighted by Gasteiger charge is 2.04. The zero-order chi connectivity index (χ0) is 14.8. The number of hydrogen-bond donors (Lipinski definition) is 2. The van der Waals surface area contributed by atoms with Gasteiger partial charge >= 0.3 is 0 Å². The van der Waals surface area contributed by atoms with E-state index in [1.54, 1.807) is 18.2 Å². The van der Waals surface area contributed by atoms with Crippen molar-refractivity contribution in [2.24, 2.45) is 0 Å². The lowest BCUT2D eigenvalue weighted by Gasteiger charge is -2.06. The van der Waals surface area contributed by atoms with Crippen LogP contribution in [0.25, 0.3) is 0 Å². The number of aromatic hydroxyl groups is 1. The van der Waals surface area contributed by atoms with E-state index in [2.05, 4.69) is 12.2 Å². The average molecular weight is 277 g/mol. The van der Waals surface area contributed by atoms with Gasteiger partial charge in [0, 0.05) is 11.8 Å². The first-order chi connectivity index (χ1) is 9.67. The lowest BCUT2D eigenvalue weighted by Crippen LogP contribution is -2.07. The topological polar surface area (TPSA) is 58.6 Å². The van der Waals surface area contributed by atoms with Gasteiger partial charge in [0.05, 0.1) is 7.11 Å². The van der Waals surface area contributed by atoms with Crippen LogP contribution in [-0.2, 0) is 4.79 Å². The molecule has 4 nitrogen and oxygen atoms in total. The van der Waals surface area contributed by atoms with E-state index in [0.29, 0.717) is 11.4 Å². The second-order valence-electron chi connectivity index (χ2n) is 4.63. The van der Waals surface area contributed by atoms with Gasteiger partial charge in [0.1, 0.15) is 0 Å². The van der Waals surface area contributed by atoms with Crippen LogP contribution in [0.3, 0.4) is 0 Å². The van der Waals surface area contributed by atoms with Gasteiger partial charge in [-0.2, -0.15) is 0 Å². The van der Waals surface area contributed by atoms with Crippen molar-refractivity contribution < 1.29 is 14.6 Å². The predicted molar refractivity (Wildman–Crippen MR) is 81.2 cm³/mol. The zero-order valence-electron chi connectivity index (χ0n) is 12.2. The van der Waals surface area contributed by atoms with E-state index in [0.717, 1.165) is 12.8 Å². The molecule has 4 heteroatoms. The molecule has 0 heterocycles. The van der Waals surface area contributed by atoms with Crippen molar-refractivity contribution in [3.8, 4) is 11.5 Å². The lowest BCUT2D eigenvalue weighted by atomic mass is 10.1. The average Bonchev–Trinajstić information content (AvgIpc) is 2.44. The van der Waals surface area contributed by atoms with Gasteiger partial charge in [0.15, 0.2) is 11.5 Å². The molecule has 0 bridgehead atoms. The number of amides is 1. The molecule has 110 valence electrons. The van der Waals surface area contributed by atoms with Crippen molar-refractivity contribution in [1.29, 1.82) is 0 Å². The second kappa shape index (κ2) is 9.02. The molecular formula is C16H23NO3. The summed E-state index contributed by atoms with van der Waals surface area (Å²) in [5.41, 5.74) is 0.597. The molecule has 20 heavy (non-hydrogen) atoms. The van der Waals surface area contributed by atoms with Gasteiger partial charge in [-0.15, -0.1) is 0 Å². The number of ether oxygens (including phenoxy) is 1. The molecule has 2 N–H and O–H groups in total. The normalized spacial score (nSPS) is 10.7. The van der Waals surface area contributed by atoms with Crippen LogP contribution >= 0.6 is 0 Å². The molecule has 0 aliphatic rings. The maximum atomic E-state index is 11.7. The number of methoxy groups -OCH3 is 1. The van der Waals surface area contributed by atoms with Gasteiger partial charge in [0.25, 0.3) is 0 Å². The second-order valence-corrected chi connectivity index (χ2v) is 4.63. The smallest absolute Gasteiger partial charge is 0.248 e. The number of allylic oxidation sites excluding steroid dienone is 1. The Kier molecular flexibility index (Phi) is 7.25. The Labute approximate surface area is 120 Å². The molecule has 1 amide bonds. The number of rotatable bonds is 8. The summed E-state index contributed by atoms with van der Waals surface area (Å²) in [4.78, 5) is 11.7. The van der Waals surface area contributed by atoms with E-state index in [-0.39, 0.29) is 11.7 Å². The summed E-state index contributed by atoms with van der Waals surface area (Å²) in [6, 6.07) is 4.70. The number of phenols is 1. The van der Waals surface area contributed by atoms with Crippen LogP contribution in [0.15, 0.2) is 30.4 Å². The summed E-state index contributed by atoms with van der Waals surface area (Å²) in [6.07, 6.45) is 9.14. The third kappa shape index (κ3) is 5.78. The molecular weight excluding hydrogens is 254 g/mol. The van der Waals surface area contributed by atoms with Gasteiger partial charge in [-0.1, -0.05) is 32.3 Å². The summed E-state index contributed by atoms with van der Waals surface area (Å²) in [7, 11) is 1.47. The summed E-state index contributed by atoms with van der Waals surface area (Å²) in [5.74, 6) is 0.219. The lowest BCUT2D eigenvalue weighted by molar-refractivity contribution is -0.111. The summed E-state index contributed by atoms with van der Waals surface area (Å²) in [6.45, 7) is 2.18. The Balaban J connectivity index is 2.40. The largest absolute Gasteiger partial charge is 0.504 e. The molecule has 0 radical (unpaired) electrons. The molecule has 0 atom stereocenters. The molecule has 1 rings (SSSR count). The van der Waals surface area contributed by atoms with Crippen LogP contribution in [0.4, 0.5) is 5.69 Å². The van der Waals surface area contributed by atoms with Gasteiger partial charge in [-0.05, 0) is 31.1 Å². The first kappa shape index (κ1) is 16.1. The minimum Gasteiger partial charge on any atom is -0.504 e. The van der Waals surface area contributed by atoms with E-state index in [4.69, 9.17) is 4.74 Å². The Bertz CT molecular complexity index is 455. The monoisotopic (exact) mass is 277 g/mol. The molecule has 0 spiro atoms. The Morgan fingerprint density at radius 2 is 2.15 bits per heavy atom. The van der Waals surface area contributed by atoms with Gasteiger partial charge in [-0.25, -0.2) is 0 Å². The number of hydrogen-bond acceptors (Lipinski definition) is 3.